The van der Waals surface area contributed by atoms with Crippen LogP contribution in [-0.2, 0) is 9.59 Å². The molecule has 3 aromatic rings. The van der Waals surface area contributed by atoms with Crippen LogP contribution in [0.25, 0.3) is 6.08 Å². The number of amidine groups is 1. The Morgan fingerprint density at radius 2 is 1.55 bits per heavy atom. The highest BCUT2D eigenvalue weighted by atomic mass is 32.2. The number of benzene rings is 3. The lowest BCUT2D eigenvalue weighted by Gasteiger charge is -2.12. The third-order valence-electron chi connectivity index (χ3n) is 4.32. The van der Waals surface area contributed by atoms with Gasteiger partial charge in [0.05, 0.1) is 10.6 Å². The highest BCUT2D eigenvalue weighted by Crippen LogP contribution is 2.34. The van der Waals surface area contributed by atoms with Crippen molar-refractivity contribution in [3.8, 4) is 11.5 Å². The Bertz CT molecular complexity index is 1140. The summed E-state index contributed by atoms with van der Waals surface area (Å²) in [7, 11) is 0. The van der Waals surface area contributed by atoms with E-state index in [0.717, 1.165) is 23.1 Å². The number of aliphatic carboxylic acids is 1. The van der Waals surface area contributed by atoms with Crippen molar-refractivity contribution in [2.45, 2.75) is 0 Å². The molecule has 1 heterocycles. The summed E-state index contributed by atoms with van der Waals surface area (Å²) in [6.45, 7) is -0.446. The number of carboxylic acids is 1. The van der Waals surface area contributed by atoms with E-state index in [1.54, 1.807) is 18.2 Å². The van der Waals surface area contributed by atoms with Crippen LogP contribution < -0.4 is 4.74 Å². The summed E-state index contributed by atoms with van der Waals surface area (Å²) in [5.41, 5.74) is 1.45. The molecule has 1 N–H and O–H groups in total. The van der Waals surface area contributed by atoms with Gasteiger partial charge in [-0.05, 0) is 59.8 Å². The van der Waals surface area contributed by atoms with Gasteiger partial charge in [0.2, 0.25) is 0 Å². The first-order valence-electron chi connectivity index (χ1n) is 9.48. The standard InChI is InChI=1S/C24H18N2O4S/c27-22(28)16-26-23(29)21(31-24(26)25-18-7-3-1-4-8-18)15-17-11-13-20(14-12-17)30-19-9-5-2-6-10-19/h1-15H,16H2,(H,27,28)/b21-15-,25-24?. The summed E-state index contributed by atoms with van der Waals surface area (Å²) in [6, 6.07) is 25.9. The smallest absolute Gasteiger partial charge is 0.323 e. The Labute approximate surface area is 183 Å². The van der Waals surface area contributed by atoms with E-state index in [4.69, 9.17) is 4.74 Å². The van der Waals surface area contributed by atoms with Crippen molar-refractivity contribution in [2.24, 2.45) is 4.99 Å². The maximum absolute atomic E-state index is 12.8. The molecule has 6 nitrogen and oxygen atoms in total. The number of hydrogen-bond acceptors (Lipinski definition) is 5. The number of amides is 1. The molecule has 154 valence electrons. The van der Waals surface area contributed by atoms with Crippen molar-refractivity contribution in [1.29, 1.82) is 0 Å². The second-order valence-electron chi connectivity index (χ2n) is 6.61. The summed E-state index contributed by atoms with van der Waals surface area (Å²) in [5.74, 6) is -0.0659. The quantitative estimate of drug-likeness (QED) is 0.546. The van der Waals surface area contributed by atoms with Gasteiger partial charge in [-0.1, -0.05) is 48.5 Å². The van der Waals surface area contributed by atoms with Gasteiger partial charge in [-0.3, -0.25) is 14.5 Å². The molecule has 7 heteroatoms. The first-order valence-corrected chi connectivity index (χ1v) is 10.3. The summed E-state index contributed by atoms with van der Waals surface area (Å²) >= 11 is 1.16. The fraction of sp³-hybridized carbons (Fsp3) is 0.0417. The van der Waals surface area contributed by atoms with Gasteiger partial charge in [0.1, 0.15) is 18.0 Å². The van der Waals surface area contributed by atoms with Gasteiger partial charge in [0.15, 0.2) is 5.17 Å². The third-order valence-corrected chi connectivity index (χ3v) is 5.33. The van der Waals surface area contributed by atoms with Crippen LogP contribution in [0.5, 0.6) is 11.5 Å². The molecule has 0 aliphatic carbocycles. The molecule has 1 amide bonds. The van der Waals surface area contributed by atoms with Crippen LogP contribution in [0, 0.1) is 0 Å². The SMILES string of the molecule is O=C(O)CN1C(=O)/C(=C/c2ccc(Oc3ccccc3)cc2)SC1=Nc1ccccc1. The lowest BCUT2D eigenvalue weighted by molar-refractivity contribution is -0.140. The molecule has 0 aromatic heterocycles. The highest BCUT2D eigenvalue weighted by molar-refractivity contribution is 8.18. The van der Waals surface area contributed by atoms with E-state index in [1.165, 1.54) is 4.90 Å². The third kappa shape index (κ3) is 5.21. The number of carbonyl (C=O) groups excluding carboxylic acids is 1. The van der Waals surface area contributed by atoms with Gasteiger partial charge >= 0.3 is 5.97 Å². The fourth-order valence-corrected chi connectivity index (χ4v) is 3.89. The van der Waals surface area contributed by atoms with Crippen molar-refractivity contribution in [1.82, 2.24) is 4.90 Å². The Hall–Kier alpha value is -3.84. The Morgan fingerprint density at radius 3 is 2.19 bits per heavy atom. The summed E-state index contributed by atoms with van der Waals surface area (Å²) < 4.78 is 5.78. The van der Waals surface area contributed by atoms with Crippen LogP contribution in [0.15, 0.2) is 94.8 Å². The predicted octanol–water partition coefficient (Wildman–Crippen LogP) is 5.17. The number of nitrogens with zero attached hydrogens (tertiary/aromatic N) is 2. The average molecular weight is 430 g/mol. The van der Waals surface area contributed by atoms with Gasteiger partial charge < -0.3 is 9.84 Å². The second kappa shape index (κ2) is 9.32. The number of hydrogen-bond donors (Lipinski definition) is 1. The van der Waals surface area contributed by atoms with Crippen molar-refractivity contribution < 1.29 is 19.4 Å². The number of para-hydroxylation sites is 2. The first kappa shape index (κ1) is 20.4. The van der Waals surface area contributed by atoms with Crippen LogP contribution in [0.3, 0.4) is 0 Å². The van der Waals surface area contributed by atoms with Gasteiger partial charge in [-0.15, -0.1) is 0 Å². The predicted molar refractivity (Wildman–Crippen MR) is 121 cm³/mol. The minimum atomic E-state index is -1.10. The molecular formula is C24H18N2O4S. The van der Waals surface area contributed by atoms with Crippen LogP contribution in [0.2, 0.25) is 0 Å². The maximum Gasteiger partial charge on any atom is 0.323 e. The van der Waals surface area contributed by atoms with Crippen LogP contribution >= 0.6 is 11.8 Å². The van der Waals surface area contributed by atoms with E-state index in [2.05, 4.69) is 4.99 Å². The number of thioether (sulfide) groups is 1. The molecule has 0 spiro atoms. The van der Waals surface area contributed by atoms with Gasteiger partial charge in [-0.2, -0.15) is 0 Å². The zero-order chi connectivity index (χ0) is 21.6. The van der Waals surface area contributed by atoms with Crippen molar-refractivity contribution in [3.05, 3.63) is 95.4 Å². The molecule has 1 aliphatic heterocycles. The minimum absolute atomic E-state index is 0.342. The monoisotopic (exact) mass is 430 g/mol. The van der Waals surface area contributed by atoms with Crippen LogP contribution in [0.1, 0.15) is 5.56 Å². The minimum Gasteiger partial charge on any atom is -0.480 e. The van der Waals surface area contributed by atoms with E-state index in [9.17, 15) is 14.7 Å². The molecule has 1 aliphatic rings. The zero-order valence-electron chi connectivity index (χ0n) is 16.3. The number of aliphatic imine (C=N–C) groups is 1. The molecule has 0 radical (unpaired) electrons. The second-order valence-corrected chi connectivity index (χ2v) is 7.62. The van der Waals surface area contributed by atoms with E-state index in [1.807, 2.05) is 72.8 Å². The summed E-state index contributed by atoms with van der Waals surface area (Å²) in [6.07, 6.45) is 1.72. The summed E-state index contributed by atoms with van der Waals surface area (Å²) in [4.78, 5) is 30.1. The Morgan fingerprint density at radius 1 is 0.935 bits per heavy atom. The number of carboxylic acid groups (broad SMARTS) is 1. The molecule has 0 atom stereocenters. The van der Waals surface area contributed by atoms with Crippen molar-refractivity contribution in [3.63, 3.8) is 0 Å². The molecular weight excluding hydrogens is 412 g/mol. The van der Waals surface area contributed by atoms with Crippen LogP contribution in [-0.4, -0.2) is 33.6 Å². The van der Waals surface area contributed by atoms with Crippen molar-refractivity contribution >= 4 is 40.6 Å². The lowest BCUT2D eigenvalue weighted by atomic mass is 10.2. The van der Waals surface area contributed by atoms with Crippen molar-refractivity contribution in [2.75, 3.05) is 6.54 Å². The maximum atomic E-state index is 12.8. The molecule has 1 saturated heterocycles. The number of rotatable bonds is 6. The largest absolute Gasteiger partial charge is 0.480 e. The normalized spacial score (nSPS) is 16.1. The number of ether oxygens (including phenoxy) is 1. The van der Waals surface area contributed by atoms with Gasteiger partial charge in [0, 0.05) is 0 Å². The molecule has 4 rings (SSSR count). The zero-order valence-corrected chi connectivity index (χ0v) is 17.2. The fourth-order valence-electron chi connectivity index (χ4n) is 2.89. The molecule has 0 unspecified atom stereocenters. The summed E-state index contributed by atoms with van der Waals surface area (Å²) in [5, 5.41) is 9.55. The Kier molecular flexibility index (Phi) is 6.14. The van der Waals surface area contributed by atoms with Gasteiger partial charge in [0.25, 0.3) is 5.91 Å². The van der Waals surface area contributed by atoms with Crippen LogP contribution in [0.4, 0.5) is 5.69 Å². The van der Waals surface area contributed by atoms with E-state index >= 15 is 0 Å². The van der Waals surface area contributed by atoms with E-state index < -0.39 is 12.5 Å². The van der Waals surface area contributed by atoms with E-state index in [0.29, 0.717) is 21.5 Å². The molecule has 3 aromatic carbocycles. The highest BCUT2D eigenvalue weighted by Gasteiger charge is 2.34. The molecule has 0 bridgehead atoms. The Balaban J connectivity index is 1.56. The van der Waals surface area contributed by atoms with Gasteiger partial charge in [-0.25, -0.2) is 4.99 Å². The lowest BCUT2D eigenvalue weighted by Crippen LogP contribution is -2.34. The molecule has 0 saturated carbocycles. The van der Waals surface area contributed by atoms with E-state index in [-0.39, 0.29) is 5.91 Å². The number of carbonyl (C=O) groups is 2. The molecule has 1 fully saturated rings. The molecule has 31 heavy (non-hydrogen) atoms. The topological polar surface area (TPSA) is 79.2 Å². The first-order chi connectivity index (χ1) is 15.1. The average Bonchev–Trinajstić information content (AvgIpc) is 3.05.